The van der Waals surface area contributed by atoms with Crippen molar-refractivity contribution < 1.29 is 22.4 Å². The molecule has 2 unspecified atom stereocenters. The van der Waals surface area contributed by atoms with Gasteiger partial charge in [-0.1, -0.05) is 0 Å². The summed E-state index contributed by atoms with van der Waals surface area (Å²) in [6, 6.07) is 3.43. The molecule has 2 aliphatic heterocycles. The van der Waals surface area contributed by atoms with Gasteiger partial charge in [-0.15, -0.1) is 0 Å². The van der Waals surface area contributed by atoms with E-state index < -0.39 is 9.84 Å². The number of rotatable bonds is 7. The number of ether oxygens (including phenoxy) is 1. The molecule has 2 atom stereocenters. The first kappa shape index (κ1) is 17.4. The molecule has 0 spiro atoms. The smallest absolute Gasteiger partial charge is 0.234 e. The lowest BCUT2D eigenvalue weighted by Crippen LogP contribution is -2.44. The van der Waals surface area contributed by atoms with Crippen molar-refractivity contribution in [1.82, 2.24) is 10.2 Å². The zero-order valence-electron chi connectivity index (χ0n) is 13.6. The number of hydrogen-bond acceptors (Lipinski definition) is 6. The number of sulfone groups is 1. The molecule has 1 aromatic heterocycles. The molecule has 0 saturated carbocycles. The van der Waals surface area contributed by atoms with Crippen LogP contribution >= 0.6 is 0 Å². The topological polar surface area (TPSA) is 88.8 Å². The minimum absolute atomic E-state index is 0.0443. The Kier molecular flexibility index (Phi) is 5.57. The summed E-state index contributed by atoms with van der Waals surface area (Å²) < 4.78 is 34.0. The van der Waals surface area contributed by atoms with E-state index in [0.29, 0.717) is 19.5 Å². The van der Waals surface area contributed by atoms with Gasteiger partial charge in [0, 0.05) is 19.2 Å². The molecule has 0 bridgehead atoms. The maximum absolute atomic E-state index is 12.3. The highest BCUT2D eigenvalue weighted by Crippen LogP contribution is 2.16. The van der Waals surface area contributed by atoms with Crippen LogP contribution in [0.4, 0.5) is 0 Å². The molecule has 2 aliphatic rings. The Balaban J connectivity index is 1.54. The molecule has 1 aromatic rings. The molecule has 134 valence electrons. The highest BCUT2D eigenvalue weighted by atomic mass is 32.2. The zero-order valence-corrected chi connectivity index (χ0v) is 14.5. The number of nitrogens with one attached hydrogen (secondary N) is 1. The molecule has 0 aliphatic carbocycles. The summed E-state index contributed by atoms with van der Waals surface area (Å²) in [5, 5.41) is 2.84. The fourth-order valence-electron chi connectivity index (χ4n) is 3.27. The van der Waals surface area contributed by atoms with Crippen LogP contribution in [0.2, 0.25) is 0 Å². The number of amides is 1. The summed E-state index contributed by atoms with van der Waals surface area (Å²) in [6.45, 7) is 2.17. The predicted molar refractivity (Wildman–Crippen MR) is 88.2 cm³/mol. The normalized spacial score (nSPS) is 26.0. The van der Waals surface area contributed by atoms with Crippen molar-refractivity contribution in [3.63, 3.8) is 0 Å². The molecule has 0 aromatic carbocycles. The molecule has 8 heteroatoms. The van der Waals surface area contributed by atoms with Crippen LogP contribution in [-0.4, -0.2) is 62.6 Å². The van der Waals surface area contributed by atoms with Gasteiger partial charge >= 0.3 is 0 Å². The Bertz CT molecular complexity index is 637. The van der Waals surface area contributed by atoms with E-state index >= 15 is 0 Å². The van der Waals surface area contributed by atoms with Gasteiger partial charge in [-0.2, -0.15) is 0 Å². The van der Waals surface area contributed by atoms with E-state index in [1.165, 1.54) is 0 Å². The van der Waals surface area contributed by atoms with Crippen LogP contribution in [0.15, 0.2) is 22.8 Å². The highest BCUT2D eigenvalue weighted by molar-refractivity contribution is 7.91. The van der Waals surface area contributed by atoms with Gasteiger partial charge in [0.25, 0.3) is 0 Å². The Hall–Kier alpha value is -1.38. The van der Waals surface area contributed by atoms with Crippen LogP contribution in [0.1, 0.15) is 25.0 Å². The molecule has 1 N–H and O–H groups in total. The summed E-state index contributed by atoms with van der Waals surface area (Å²) in [4.78, 5) is 14.3. The van der Waals surface area contributed by atoms with Crippen molar-refractivity contribution in [2.45, 2.75) is 38.0 Å². The third-order valence-electron chi connectivity index (χ3n) is 4.41. The van der Waals surface area contributed by atoms with Crippen LogP contribution < -0.4 is 5.32 Å². The molecule has 2 saturated heterocycles. The van der Waals surface area contributed by atoms with Gasteiger partial charge in [-0.25, -0.2) is 8.42 Å². The minimum atomic E-state index is -2.99. The average molecular weight is 356 g/mol. The Morgan fingerprint density at radius 2 is 2.25 bits per heavy atom. The SMILES string of the molecule is O=C(CN(Cc1ccco1)CC1CCCO1)NC1CCS(=O)(=O)C1. The predicted octanol–water partition coefficient (Wildman–Crippen LogP) is 0.564. The quantitative estimate of drug-likeness (QED) is 0.768. The van der Waals surface area contributed by atoms with Crippen molar-refractivity contribution in [2.75, 3.05) is 31.2 Å². The molecule has 3 rings (SSSR count). The van der Waals surface area contributed by atoms with Crippen LogP contribution in [0.25, 0.3) is 0 Å². The number of carbonyl (C=O) groups excluding carboxylic acids is 1. The van der Waals surface area contributed by atoms with E-state index in [9.17, 15) is 13.2 Å². The lowest BCUT2D eigenvalue weighted by Gasteiger charge is -2.24. The second kappa shape index (κ2) is 7.67. The van der Waals surface area contributed by atoms with Crippen molar-refractivity contribution in [1.29, 1.82) is 0 Å². The zero-order chi connectivity index (χ0) is 17.0. The fourth-order valence-corrected chi connectivity index (χ4v) is 4.94. The molecule has 1 amide bonds. The van der Waals surface area contributed by atoms with Crippen LogP contribution in [-0.2, 0) is 25.9 Å². The second-order valence-electron chi connectivity index (χ2n) is 6.55. The maximum atomic E-state index is 12.3. The van der Waals surface area contributed by atoms with Crippen molar-refractivity contribution >= 4 is 15.7 Å². The summed E-state index contributed by atoms with van der Waals surface area (Å²) in [7, 11) is -2.99. The lowest BCUT2D eigenvalue weighted by molar-refractivity contribution is -0.123. The minimum Gasteiger partial charge on any atom is -0.468 e. The molecular formula is C16H24N2O5S. The maximum Gasteiger partial charge on any atom is 0.234 e. The van der Waals surface area contributed by atoms with Gasteiger partial charge in [0.1, 0.15) is 5.76 Å². The number of nitrogens with zero attached hydrogens (tertiary/aromatic N) is 1. The van der Waals surface area contributed by atoms with E-state index in [2.05, 4.69) is 5.32 Å². The number of carbonyl (C=O) groups is 1. The van der Waals surface area contributed by atoms with Crippen molar-refractivity contribution in [3.05, 3.63) is 24.2 Å². The number of furan rings is 1. The van der Waals surface area contributed by atoms with E-state index in [1.54, 1.807) is 6.26 Å². The largest absolute Gasteiger partial charge is 0.468 e. The molecule has 2 fully saturated rings. The van der Waals surface area contributed by atoms with Gasteiger partial charge in [-0.05, 0) is 31.4 Å². The fraction of sp³-hybridized carbons (Fsp3) is 0.688. The van der Waals surface area contributed by atoms with Crippen LogP contribution in [0.3, 0.4) is 0 Å². The molecule has 0 radical (unpaired) electrons. The lowest BCUT2D eigenvalue weighted by atomic mass is 10.2. The van der Waals surface area contributed by atoms with E-state index in [1.807, 2.05) is 17.0 Å². The Labute approximate surface area is 142 Å². The number of hydrogen-bond donors (Lipinski definition) is 1. The average Bonchev–Trinajstić information content (AvgIpc) is 3.22. The summed E-state index contributed by atoms with van der Waals surface area (Å²) in [6.07, 6.45) is 4.29. The first-order chi connectivity index (χ1) is 11.5. The van der Waals surface area contributed by atoms with Gasteiger partial charge in [0.15, 0.2) is 9.84 Å². The molecular weight excluding hydrogens is 332 g/mol. The summed E-state index contributed by atoms with van der Waals surface area (Å²) in [5.41, 5.74) is 0. The third-order valence-corrected chi connectivity index (χ3v) is 6.18. The highest BCUT2D eigenvalue weighted by Gasteiger charge is 2.29. The van der Waals surface area contributed by atoms with Crippen molar-refractivity contribution in [2.24, 2.45) is 0 Å². The van der Waals surface area contributed by atoms with Gasteiger partial charge in [0.2, 0.25) is 5.91 Å². The third kappa shape index (κ3) is 5.06. The van der Waals surface area contributed by atoms with E-state index in [-0.39, 0.29) is 36.1 Å². The van der Waals surface area contributed by atoms with Crippen LogP contribution in [0.5, 0.6) is 0 Å². The van der Waals surface area contributed by atoms with E-state index in [4.69, 9.17) is 9.15 Å². The Morgan fingerprint density at radius 1 is 1.38 bits per heavy atom. The first-order valence-electron chi connectivity index (χ1n) is 8.36. The second-order valence-corrected chi connectivity index (χ2v) is 8.78. The van der Waals surface area contributed by atoms with E-state index in [0.717, 1.165) is 25.2 Å². The standard InChI is InChI=1S/C16H24N2O5S/c19-16(17-13-5-8-24(20,21)12-13)11-18(9-14-3-1-6-22-14)10-15-4-2-7-23-15/h1,3,6,13,15H,2,4-5,7-12H2,(H,17,19). The van der Waals surface area contributed by atoms with Gasteiger partial charge < -0.3 is 14.5 Å². The van der Waals surface area contributed by atoms with Crippen LogP contribution in [0, 0.1) is 0 Å². The summed E-state index contributed by atoms with van der Waals surface area (Å²) >= 11 is 0. The molecule has 3 heterocycles. The Morgan fingerprint density at radius 3 is 2.88 bits per heavy atom. The van der Waals surface area contributed by atoms with Crippen molar-refractivity contribution in [3.8, 4) is 0 Å². The molecule has 24 heavy (non-hydrogen) atoms. The first-order valence-corrected chi connectivity index (χ1v) is 10.2. The monoisotopic (exact) mass is 356 g/mol. The summed E-state index contributed by atoms with van der Waals surface area (Å²) in [5.74, 6) is 0.845. The molecule has 7 nitrogen and oxygen atoms in total. The van der Waals surface area contributed by atoms with Gasteiger partial charge in [-0.3, -0.25) is 9.69 Å². The van der Waals surface area contributed by atoms with Gasteiger partial charge in [0.05, 0.1) is 37.0 Å².